The Kier molecular flexibility index (Phi) is 4.27. The quantitative estimate of drug-likeness (QED) is 0.872. The lowest BCUT2D eigenvalue weighted by Crippen LogP contribution is -2.33. The van der Waals surface area contributed by atoms with Gasteiger partial charge in [0.2, 0.25) is 0 Å². The van der Waals surface area contributed by atoms with Crippen LogP contribution in [0.2, 0.25) is 0 Å². The lowest BCUT2D eigenvalue weighted by Gasteiger charge is -2.25. The zero-order valence-corrected chi connectivity index (χ0v) is 11.1. The van der Waals surface area contributed by atoms with Gasteiger partial charge in [-0.15, -0.1) is 0 Å². The van der Waals surface area contributed by atoms with Crippen LogP contribution in [0.4, 0.5) is 4.39 Å². The van der Waals surface area contributed by atoms with E-state index in [0.717, 1.165) is 0 Å². The van der Waals surface area contributed by atoms with Crippen molar-refractivity contribution in [1.82, 2.24) is 0 Å². The van der Waals surface area contributed by atoms with Gasteiger partial charge in [0, 0.05) is 0 Å². The molecule has 17 heavy (non-hydrogen) atoms. The Bertz CT molecular complexity index is 435. The lowest BCUT2D eigenvalue weighted by molar-refractivity contribution is 0.450. The van der Waals surface area contributed by atoms with Crippen molar-refractivity contribution < 1.29 is 13.7 Å². The fourth-order valence-electron chi connectivity index (χ4n) is 1.85. The molecule has 3 N–H and O–H groups in total. The molecule has 0 aliphatic carbocycles. The van der Waals surface area contributed by atoms with Crippen molar-refractivity contribution >= 4 is 11.0 Å². The van der Waals surface area contributed by atoms with E-state index in [0.29, 0.717) is 12.0 Å². The number of hydrogen-bond acceptors (Lipinski definition) is 2. The van der Waals surface area contributed by atoms with Gasteiger partial charge in [-0.1, -0.05) is 6.92 Å². The highest BCUT2D eigenvalue weighted by Crippen LogP contribution is 2.33. The lowest BCUT2D eigenvalue weighted by atomic mass is 9.91. The highest BCUT2D eigenvalue weighted by atomic mass is 32.2. The normalized spacial score (nSPS) is 15.6. The fraction of sp³-hybridized carbons (Fsp3) is 0.500. The van der Waals surface area contributed by atoms with Crippen molar-refractivity contribution in [2.45, 2.75) is 37.9 Å². The van der Waals surface area contributed by atoms with E-state index in [1.54, 1.807) is 13.8 Å². The van der Waals surface area contributed by atoms with Crippen molar-refractivity contribution in [3.05, 3.63) is 29.6 Å². The number of hydrogen-bond donors (Lipinski definition) is 2. The average molecular weight is 259 g/mol. The third kappa shape index (κ3) is 3.51. The molecular formula is C12H18FNO2S. The number of phenols is 1. The molecule has 0 aliphatic rings. The van der Waals surface area contributed by atoms with E-state index in [2.05, 4.69) is 0 Å². The van der Waals surface area contributed by atoms with Crippen molar-refractivity contribution in [3.8, 4) is 5.75 Å². The predicted molar refractivity (Wildman–Crippen MR) is 67.5 cm³/mol. The molecule has 0 saturated heterocycles. The summed E-state index contributed by atoms with van der Waals surface area (Å²) in [6, 6.07) is 3.83. The van der Waals surface area contributed by atoms with Gasteiger partial charge >= 0.3 is 0 Å². The molecule has 0 fully saturated rings. The molecule has 0 radical (unpaired) electrons. The van der Waals surface area contributed by atoms with Crippen LogP contribution >= 0.6 is 0 Å². The third-order valence-electron chi connectivity index (χ3n) is 2.86. The van der Waals surface area contributed by atoms with Crippen LogP contribution in [-0.4, -0.2) is 14.1 Å². The number of aromatic hydroxyl groups is 1. The van der Waals surface area contributed by atoms with Gasteiger partial charge in [0.15, 0.2) is 0 Å². The Morgan fingerprint density at radius 1 is 1.53 bits per heavy atom. The molecule has 0 aromatic heterocycles. The molecule has 5 heteroatoms. The first kappa shape index (κ1) is 14.1. The monoisotopic (exact) mass is 259 g/mol. The van der Waals surface area contributed by atoms with Crippen LogP contribution in [0.25, 0.3) is 0 Å². The van der Waals surface area contributed by atoms with Crippen LogP contribution in [0.1, 0.15) is 38.7 Å². The largest absolute Gasteiger partial charge is 0.508 e. The maximum atomic E-state index is 13.1. The summed E-state index contributed by atoms with van der Waals surface area (Å²) in [5.41, 5.74) is 0.517. The summed E-state index contributed by atoms with van der Waals surface area (Å²) in [4.78, 5) is 0. The van der Waals surface area contributed by atoms with Crippen LogP contribution in [0.5, 0.6) is 5.75 Å². The van der Waals surface area contributed by atoms with E-state index < -0.39 is 21.5 Å². The predicted octanol–water partition coefficient (Wildman–Crippen LogP) is 2.43. The Hall–Kier alpha value is -0.940. The van der Waals surface area contributed by atoms with E-state index in [1.165, 1.54) is 18.2 Å². The summed E-state index contributed by atoms with van der Waals surface area (Å²) in [7, 11) is -1.46. The molecule has 3 nitrogen and oxygen atoms in total. The Morgan fingerprint density at radius 2 is 2.12 bits per heavy atom. The maximum Gasteiger partial charge on any atom is 0.123 e. The van der Waals surface area contributed by atoms with Gasteiger partial charge in [-0.3, -0.25) is 5.14 Å². The first-order valence-corrected chi connectivity index (χ1v) is 6.60. The first-order valence-electron chi connectivity index (χ1n) is 5.38. The minimum atomic E-state index is -1.46. The molecule has 0 aliphatic heterocycles. The van der Waals surface area contributed by atoms with Gasteiger partial charge < -0.3 is 5.11 Å². The second-order valence-corrected chi connectivity index (χ2v) is 6.57. The van der Waals surface area contributed by atoms with Crippen LogP contribution in [0.3, 0.4) is 0 Å². The molecule has 0 bridgehead atoms. The number of rotatable bonds is 4. The van der Waals surface area contributed by atoms with E-state index in [1.807, 2.05) is 6.92 Å². The number of phenolic OH excluding ortho intramolecular Hbond substituents is 1. The van der Waals surface area contributed by atoms with Crippen molar-refractivity contribution in [2.24, 2.45) is 5.14 Å². The minimum absolute atomic E-state index is 0.0532. The van der Waals surface area contributed by atoms with Gasteiger partial charge in [0.25, 0.3) is 0 Å². The second kappa shape index (κ2) is 5.14. The molecular weight excluding hydrogens is 241 g/mol. The van der Waals surface area contributed by atoms with E-state index in [4.69, 9.17) is 5.14 Å². The SMILES string of the molecule is C[C@H](CC(C)(C)S(N)=O)c1cc(F)ccc1O. The second-order valence-electron chi connectivity index (χ2n) is 4.87. The number of nitrogens with two attached hydrogens (primary N) is 1. The summed E-state index contributed by atoms with van der Waals surface area (Å²) in [6.07, 6.45) is 0.507. The molecule has 2 atom stereocenters. The van der Waals surface area contributed by atoms with Crippen LogP contribution < -0.4 is 5.14 Å². The molecule has 0 saturated carbocycles. The minimum Gasteiger partial charge on any atom is -0.508 e. The van der Waals surface area contributed by atoms with Crippen molar-refractivity contribution in [1.29, 1.82) is 0 Å². The third-order valence-corrected chi connectivity index (χ3v) is 4.12. The molecule has 96 valence electrons. The van der Waals surface area contributed by atoms with Gasteiger partial charge in [-0.2, -0.15) is 0 Å². The van der Waals surface area contributed by atoms with E-state index in [9.17, 15) is 13.7 Å². The highest BCUT2D eigenvalue weighted by Gasteiger charge is 2.27. The molecule has 1 aromatic carbocycles. The number of benzene rings is 1. The molecule has 0 spiro atoms. The van der Waals surface area contributed by atoms with Crippen LogP contribution in [0.15, 0.2) is 18.2 Å². The van der Waals surface area contributed by atoms with Gasteiger partial charge in [0.05, 0.1) is 15.7 Å². The molecule has 1 aromatic rings. The molecule has 1 rings (SSSR count). The molecule has 1 unspecified atom stereocenters. The summed E-state index contributed by atoms with van der Waals surface area (Å²) in [5.74, 6) is -0.456. The first-order chi connectivity index (χ1) is 7.74. The van der Waals surface area contributed by atoms with Gasteiger partial charge in [-0.05, 0) is 49.9 Å². The zero-order valence-electron chi connectivity index (χ0n) is 10.2. The van der Waals surface area contributed by atoms with Gasteiger partial charge in [0.1, 0.15) is 11.6 Å². The summed E-state index contributed by atoms with van der Waals surface area (Å²) in [6.45, 7) is 5.43. The standard InChI is InChI=1S/C12H18FNO2S/c1-8(7-12(2,3)17(14)16)10-6-9(13)4-5-11(10)15/h4-6,8,15H,7,14H2,1-3H3/t8-,17?/m1/s1. The zero-order chi connectivity index (χ0) is 13.2. The molecule has 0 amide bonds. The van der Waals surface area contributed by atoms with Crippen LogP contribution in [0, 0.1) is 5.82 Å². The average Bonchev–Trinajstić information content (AvgIpc) is 2.20. The Balaban J connectivity index is 2.94. The van der Waals surface area contributed by atoms with E-state index >= 15 is 0 Å². The van der Waals surface area contributed by atoms with E-state index in [-0.39, 0.29) is 11.7 Å². The fourth-order valence-corrected chi connectivity index (χ4v) is 2.26. The molecule has 0 heterocycles. The maximum absolute atomic E-state index is 13.1. The highest BCUT2D eigenvalue weighted by molar-refractivity contribution is 7.84. The number of halogens is 1. The summed E-state index contributed by atoms with van der Waals surface area (Å²) >= 11 is 0. The van der Waals surface area contributed by atoms with Crippen molar-refractivity contribution in [3.63, 3.8) is 0 Å². The van der Waals surface area contributed by atoms with Crippen molar-refractivity contribution in [2.75, 3.05) is 0 Å². The summed E-state index contributed by atoms with van der Waals surface area (Å²) in [5, 5.41) is 15.1. The van der Waals surface area contributed by atoms with Crippen LogP contribution in [-0.2, 0) is 11.0 Å². The topological polar surface area (TPSA) is 63.3 Å². The summed E-state index contributed by atoms with van der Waals surface area (Å²) < 4.78 is 23.9. The van der Waals surface area contributed by atoms with Gasteiger partial charge in [-0.25, -0.2) is 8.60 Å². The Morgan fingerprint density at radius 3 is 2.65 bits per heavy atom. The smallest absolute Gasteiger partial charge is 0.123 e. The Labute approximate surface area is 103 Å².